The lowest BCUT2D eigenvalue weighted by molar-refractivity contribution is 0.778. The highest BCUT2D eigenvalue weighted by Crippen LogP contribution is 2.10. The molecule has 0 fully saturated rings. The van der Waals surface area contributed by atoms with E-state index < -0.39 is 0 Å². The quantitative estimate of drug-likeness (QED) is 0.715. The minimum absolute atomic E-state index is 0.324. The number of rotatable bonds is 1. The summed E-state index contributed by atoms with van der Waals surface area (Å²) in [5, 5.41) is 9.35. The smallest absolute Gasteiger partial charge is 0.244 e. The van der Waals surface area contributed by atoms with Crippen molar-refractivity contribution in [2.45, 2.75) is 13.8 Å². The molecule has 72 valence electrons. The molecule has 0 aliphatic rings. The zero-order chi connectivity index (χ0) is 10.1. The zero-order valence-electron chi connectivity index (χ0n) is 7.98. The van der Waals surface area contributed by atoms with Crippen LogP contribution in [0.25, 0.3) is 5.69 Å². The third kappa shape index (κ3) is 1.44. The molecule has 2 rings (SSSR count). The Morgan fingerprint density at radius 2 is 1.86 bits per heavy atom. The van der Waals surface area contributed by atoms with E-state index in [1.807, 2.05) is 32.0 Å². The number of benzene rings is 1. The Balaban J connectivity index is 2.63. The molecule has 0 aliphatic heterocycles. The van der Waals surface area contributed by atoms with E-state index in [4.69, 9.17) is 0 Å². The average molecular weight is 190 g/mol. The van der Waals surface area contributed by atoms with Gasteiger partial charge in [-0.1, -0.05) is 6.07 Å². The molecule has 1 heterocycles. The summed E-state index contributed by atoms with van der Waals surface area (Å²) < 4.78 is 1.24. The first-order chi connectivity index (χ1) is 6.66. The number of tetrazole rings is 1. The van der Waals surface area contributed by atoms with Crippen LogP contribution in [0.4, 0.5) is 0 Å². The number of aryl methyl sites for hydroxylation is 2. The highest BCUT2D eigenvalue weighted by Gasteiger charge is 2.03. The van der Waals surface area contributed by atoms with Gasteiger partial charge in [0.2, 0.25) is 0 Å². The molecule has 0 atom stereocenters. The number of nitrogens with zero attached hydrogens (tertiary/aromatic N) is 3. The fourth-order valence-corrected chi connectivity index (χ4v) is 1.44. The van der Waals surface area contributed by atoms with E-state index in [0.29, 0.717) is 0 Å². The molecule has 0 amide bonds. The molecule has 1 N–H and O–H groups in total. The maximum absolute atomic E-state index is 11.2. The van der Waals surface area contributed by atoms with Gasteiger partial charge in [-0.05, 0) is 47.5 Å². The van der Waals surface area contributed by atoms with Crippen LogP contribution in [0.2, 0.25) is 0 Å². The fourth-order valence-electron chi connectivity index (χ4n) is 1.44. The highest BCUT2D eigenvalue weighted by molar-refractivity contribution is 5.38. The minimum Gasteiger partial charge on any atom is -0.244 e. The summed E-state index contributed by atoms with van der Waals surface area (Å²) in [6.45, 7) is 3.95. The number of H-pyrrole nitrogens is 1. The Bertz CT molecular complexity index is 491. The zero-order valence-corrected chi connectivity index (χ0v) is 7.98. The van der Waals surface area contributed by atoms with Crippen molar-refractivity contribution in [3.8, 4) is 5.69 Å². The van der Waals surface area contributed by atoms with Gasteiger partial charge in [-0.3, -0.25) is 0 Å². The van der Waals surface area contributed by atoms with Crippen LogP contribution in [-0.4, -0.2) is 20.2 Å². The molecular formula is C9H10N4O. The standard InChI is InChI=1S/C9H10N4O/c1-6-3-7(2)5-8(4-6)13-9(14)10-11-12-13/h3-5H,1-2H3,(H,10,12,14). The van der Waals surface area contributed by atoms with E-state index in [-0.39, 0.29) is 5.69 Å². The highest BCUT2D eigenvalue weighted by atomic mass is 16.2. The van der Waals surface area contributed by atoms with E-state index in [1.165, 1.54) is 4.68 Å². The Labute approximate surface area is 80.4 Å². The molecule has 2 aromatic rings. The first-order valence-corrected chi connectivity index (χ1v) is 4.26. The van der Waals surface area contributed by atoms with Crippen molar-refractivity contribution in [2.24, 2.45) is 0 Å². The lowest BCUT2D eigenvalue weighted by Crippen LogP contribution is -2.16. The Hall–Kier alpha value is -1.91. The summed E-state index contributed by atoms with van der Waals surface area (Å²) in [5.74, 6) is 0. The van der Waals surface area contributed by atoms with Crippen LogP contribution < -0.4 is 5.69 Å². The van der Waals surface area contributed by atoms with Gasteiger partial charge in [0.25, 0.3) is 0 Å². The lowest BCUT2D eigenvalue weighted by Gasteiger charge is -2.01. The number of hydrogen-bond acceptors (Lipinski definition) is 3. The van der Waals surface area contributed by atoms with E-state index >= 15 is 0 Å². The largest absolute Gasteiger partial charge is 0.365 e. The molecule has 0 spiro atoms. The predicted octanol–water partition coefficient (Wildman–Crippen LogP) is 0.572. The van der Waals surface area contributed by atoms with Gasteiger partial charge in [-0.15, -0.1) is 0 Å². The van der Waals surface area contributed by atoms with Crippen molar-refractivity contribution in [2.75, 3.05) is 0 Å². The molecular weight excluding hydrogens is 180 g/mol. The molecule has 1 aromatic carbocycles. The summed E-state index contributed by atoms with van der Waals surface area (Å²) in [6, 6.07) is 5.81. The second-order valence-corrected chi connectivity index (χ2v) is 3.26. The number of nitrogens with one attached hydrogen (secondary N) is 1. The third-order valence-corrected chi connectivity index (χ3v) is 1.92. The average Bonchev–Trinajstić information content (AvgIpc) is 2.49. The number of aromatic amines is 1. The Morgan fingerprint density at radius 1 is 1.21 bits per heavy atom. The third-order valence-electron chi connectivity index (χ3n) is 1.92. The fraction of sp³-hybridized carbons (Fsp3) is 0.222. The SMILES string of the molecule is Cc1cc(C)cc(-n2nn[nH]c2=O)c1. The molecule has 5 nitrogen and oxygen atoms in total. The molecule has 0 bridgehead atoms. The normalized spacial score (nSPS) is 10.4. The van der Waals surface area contributed by atoms with Gasteiger partial charge in [0.05, 0.1) is 5.69 Å². The number of aromatic nitrogens is 4. The van der Waals surface area contributed by atoms with Crippen molar-refractivity contribution in [1.29, 1.82) is 0 Å². The maximum atomic E-state index is 11.2. The van der Waals surface area contributed by atoms with Crippen molar-refractivity contribution in [3.05, 3.63) is 39.8 Å². The molecule has 0 radical (unpaired) electrons. The van der Waals surface area contributed by atoms with E-state index in [0.717, 1.165) is 16.8 Å². The Morgan fingerprint density at radius 3 is 2.36 bits per heavy atom. The van der Waals surface area contributed by atoms with Gasteiger partial charge in [0.15, 0.2) is 0 Å². The van der Waals surface area contributed by atoms with Crippen LogP contribution in [0.3, 0.4) is 0 Å². The van der Waals surface area contributed by atoms with Crippen LogP contribution in [-0.2, 0) is 0 Å². The molecule has 0 aliphatic carbocycles. The van der Waals surface area contributed by atoms with E-state index in [1.54, 1.807) is 0 Å². The molecule has 5 heteroatoms. The van der Waals surface area contributed by atoms with E-state index in [9.17, 15) is 4.79 Å². The predicted molar refractivity (Wildman–Crippen MR) is 51.5 cm³/mol. The summed E-state index contributed by atoms with van der Waals surface area (Å²) in [6.07, 6.45) is 0. The van der Waals surface area contributed by atoms with Crippen molar-refractivity contribution in [3.63, 3.8) is 0 Å². The topological polar surface area (TPSA) is 63.6 Å². The summed E-state index contributed by atoms with van der Waals surface area (Å²) >= 11 is 0. The van der Waals surface area contributed by atoms with Crippen LogP contribution in [0.15, 0.2) is 23.0 Å². The van der Waals surface area contributed by atoms with Gasteiger partial charge in [0, 0.05) is 0 Å². The van der Waals surface area contributed by atoms with Crippen LogP contribution >= 0.6 is 0 Å². The maximum Gasteiger partial charge on any atom is 0.365 e. The van der Waals surface area contributed by atoms with Gasteiger partial charge in [0.1, 0.15) is 0 Å². The molecule has 0 saturated carbocycles. The van der Waals surface area contributed by atoms with Gasteiger partial charge < -0.3 is 0 Å². The van der Waals surface area contributed by atoms with Crippen LogP contribution in [0.5, 0.6) is 0 Å². The van der Waals surface area contributed by atoms with Crippen molar-refractivity contribution < 1.29 is 0 Å². The second kappa shape index (κ2) is 3.10. The summed E-state index contributed by atoms with van der Waals surface area (Å²) in [5.41, 5.74) is 2.60. The first-order valence-electron chi connectivity index (χ1n) is 4.26. The minimum atomic E-state index is -0.324. The molecule has 1 aromatic heterocycles. The molecule has 0 unspecified atom stereocenters. The van der Waals surface area contributed by atoms with Crippen molar-refractivity contribution in [1.82, 2.24) is 20.2 Å². The number of hydrogen-bond donors (Lipinski definition) is 1. The van der Waals surface area contributed by atoms with Gasteiger partial charge in [-0.2, -0.15) is 4.68 Å². The summed E-state index contributed by atoms with van der Waals surface area (Å²) in [7, 11) is 0. The molecule has 14 heavy (non-hydrogen) atoms. The van der Waals surface area contributed by atoms with Gasteiger partial charge >= 0.3 is 5.69 Å². The first kappa shape index (κ1) is 8.68. The lowest BCUT2D eigenvalue weighted by atomic mass is 10.1. The van der Waals surface area contributed by atoms with Crippen molar-refractivity contribution >= 4 is 0 Å². The monoisotopic (exact) mass is 190 g/mol. The van der Waals surface area contributed by atoms with Crippen LogP contribution in [0.1, 0.15) is 11.1 Å². The van der Waals surface area contributed by atoms with Gasteiger partial charge in [-0.25, -0.2) is 9.89 Å². The van der Waals surface area contributed by atoms with E-state index in [2.05, 4.69) is 15.5 Å². The second-order valence-electron chi connectivity index (χ2n) is 3.26. The Kier molecular flexibility index (Phi) is 1.92. The summed E-state index contributed by atoms with van der Waals surface area (Å²) in [4.78, 5) is 11.2. The molecule has 0 saturated heterocycles. The van der Waals surface area contributed by atoms with Crippen LogP contribution in [0, 0.1) is 13.8 Å².